The molecule has 204 valence electrons. The van der Waals surface area contributed by atoms with E-state index in [2.05, 4.69) is 0 Å². The van der Waals surface area contributed by atoms with Gasteiger partial charge in [-0.3, -0.25) is 14.4 Å². The van der Waals surface area contributed by atoms with Crippen LogP contribution in [-0.2, 0) is 22.6 Å². The fourth-order valence-electron chi connectivity index (χ4n) is 5.30. The lowest BCUT2D eigenvalue weighted by Crippen LogP contribution is -2.50. The minimum atomic E-state index is -0.406. The summed E-state index contributed by atoms with van der Waals surface area (Å²) < 4.78 is 26.0. The Morgan fingerprint density at radius 2 is 1.74 bits per heavy atom. The Labute approximate surface area is 226 Å². The van der Waals surface area contributed by atoms with Crippen molar-refractivity contribution in [3.05, 3.63) is 88.6 Å². The maximum Gasteiger partial charge on any atom is 0.289 e. The lowest BCUT2D eigenvalue weighted by Gasteiger charge is -2.38. The monoisotopic (exact) mass is 533 g/mol. The van der Waals surface area contributed by atoms with Gasteiger partial charge in [0, 0.05) is 46.1 Å². The Kier molecular flexibility index (Phi) is 7.67. The minimum Gasteiger partial charge on any atom is -0.486 e. The lowest BCUT2D eigenvalue weighted by atomic mass is 9.87. The van der Waals surface area contributed by atoms with Crippen LogP contribution in [0.15, 0.2) is 59.0 Å². The third-order valence-electron chi connectivity index (χ3n) is 7.40. The van der Waals surface area contributed by atoms with Gasteiger partial charge in [-0.15, -0.1) is 0 Å². The molecule has 2 aromatic carbocycles. The van der Waals surface area contributed by atoms with E-state index in [1.165, 1.54) is 19.1 Å². The van der Waals surface area contributed by atoms with Crippen molar-refractivity contribution in [3.63, 3.8) is 0 Å². The van der Waals surface area contributed by atoms with E-state index in [1.807, 2.05) is 36.1 Å². The van der Waals surface area contributed by atoms with Gasteiger partial charge in [0.25, 0.3) is 5.91 Å². The van der Waals surface area contributed by atoms with Crippen LogP contribution in [0.25, 0.3) is 0 Å². The number of furan rings is 1. The van der Waals surface area contributed by atoms with Gasteiger partial charge in [-0.2, -0.15) is 0 Å². The summed E-state index contributed by atoms with van der Waals surface area (Å²) in [7, 11) is 0. The summed E-state index contributed by atoms with van der Waals surface area (Å²) in [6, 6.07) is 15.1. The fraction of sp³-hybridized carbons (Fsp3) is 0.367. The van der Waals surface area contributed by atoms with Gasteiger partial charge >= 0.3 is 0 Å². The van der Waals surface area contributed by atoms with Crippen molar-refractivity contribution in [2.75, 3.05) is 32.7 Å². The number of piperazine rings is 1. The Bertz CT molecular complexity index is 1380. The molecule has 39 heavy (non-hydrogen) atoms. The molecule has 0 aliphatic carbocycles. The number of hydrogen-bond acceptors (Lipinski definition) is 5. The van der Waals surface area contributed by atoms with Crippen LogP contribution in [0.4, 0.5) is 4.39 Å². The van der Waals surface area contributed by atoms with E-state index in [9.17, 15) is 18.8 Å². The van der Waals surface area contributed by atoms with Gasteiger partial charge in [0.2, 0.25) is 11.8 Å². The van der Waals surface area contributed by atoms with E-state index in [-0.39, 0.29) is 35.9 Å². The van der Waals surface area contributed by atoms with Crippen molar-refractivity contribution in [2.45, 2.75) is 39.3 Å². The zero-order valence-corrected chi connectivity index (χ0v) is 22.2. The van der Waals surface area contributed by atoms with Gasteiger partial charge in [0.15, 0.2) is 5.76 Å². The highest BCUT2D eigenvalue weighted by atomic mass is 19.1. The van der Waals surface area contributed by atoms with Crippen molar-refractivity contribution in [1.82, 2.24) is 14.7 Å². The van der Waals surface area contributed by atoms with E-state index in [1.54, 1.807) is 28.0 Å². The highest BCUT2D eigenvalue weighted by Crippen LogP contribution is 2.38. The van der Waals surface area contributed by atoms with Crippen molar-refractivity contribution in [3.8, 4) is 5.75 Å². The molecule has 3 heterocycles. The topological polar surface area (TPSA) is 83.3 Å². The first-order valence-electron chi connectivity index (χ1n) is 13.3. The van der Waals surface area contributed by atoms with Crippen molar-refractivity contribution >= 4 is 17.7 Å². The Hall–Kier alpha value is -4.14. The zero-order chi connectivity index (χ0) is 27.5. The lowest BCUT2D eigenvalue weighted by molar-refractivity contribution is -0.133. The Morgan fingerprint density at radius 3 is 2.46 bits per heavy atom. The SMILES string of the molecule is CCC(=O)N1CCc2ccc(OCc3ccc(C(=O)N4CCN(C(C)=O)CC4)o3)cc2[C@H]1c1cccc(F)c1. The summed E-state index contributed by atoms with van der Waals surface area (Å²) in [5, 5.41) is 0. The van der Waals surface area contributed by atoms with E-state index in [0.717, 1.165) is 11.1 Å². The molecule has 0 N–H and O–H groups in total. The van der Waals surface area contributed by atoms with E-state index >= 15 is 0 Å². The molecule has 8 nitrogen and oxygen atoms in total. The van der Waals surface area contributed by atoms with Crippen molar-refractivity contribution in [2.24, 2.45) is 0 Å². The van der Waals surface area contributed by atoms with Crippen LogP contribution in [0.3, 0.4) is 0 Å². The van der Waals surface area contributed by atoms with Crippen LogP contribution in [0.1, 0.15) is 59.3 Å². The van der Waals surface area contributed by atoms with Gasteiger partial charge in [-0.25, -0.2) is 4.39 Å². The van der Waals surface area contributed by atoms with Crippen LogP contribution >= 0.6 is 0 Å². The summed E-state index contributed by atoms with van der Waals surface area (Å²) in [6.07, 6.45) is 1.07. The number of carbonyl (C=O) groups excluding carboxylic acids is 3. The van der Waals surface area contributed by atoms with E-state index < -0.39 is 6.04 Å². The molecule has 9 heteroatoms. The van der Waals surface area contributed by atoms with Crippen molar-refractivity contribution in [1.29, 1.82) is 0 Å². The summed E-state index contributed by atoms with van der Waals surface area (Å²) >= 11 is 0. The number of carbonyl (C=O) groups is 3. The number of nitrogens with zero attached hydrogens (tertiary/aromatic N) is 3. The minimum absolute atomic E-state index is 0.00799. The molecule has 2 aliphatic rings. The molecule has 1 saturated heterocycles. The largest absolute Gasteiger partial charge is 0.486 e. The smallest absolute Gasteiger partial charge is 0.289 e. The van der Waals surface area contributed by atoms with Crippen LogP contribution in [0.5, 0.6) is 5.75 Å². The standard InChI is InChI=1S/C30H32FN3O5/c1-3-28(36)34-12-11-21-7-8-24(18-26(21)29(34)22-5-4-6-23(31)17-22)38-19-25-9-10-27(39-25)30(37)33-15-13-32(14-16-33)20(2)35/h4-10,17-18,29H,3,11-16,19H2,1-2H3/t29-/m1/s1. The number of ether oxygens (including phenoxy) is 1. The first kappa shape index (κ1) is 26.5. The number of halogens is 1. The summed E-state index contributed by atoms with van der Waals surface area (Å²) in [6.45, 7) is 5.98. The second-order valence-corrected chi connectivity index (χ2v) is 9.86. The molecule has 0 spiro atoms. The van der Waals surface area contributed by atoms with Crippen LogP contribution in [0.2, 0.25) is 0 Å². The van der Waals surface area contributed by atoms with Crippen LogP contribution in [-0.4, -0.2) is 65.1 Å². The fourth-order valence-corrected chi connectivity index (χ4v) is 5.30. The number of benzene rings is 2. The average molecular weight is 534 g/mol. The predicted octanol–water partition coefficient (Wildman–Crippen LogP) is 4.19. The van der Waals surface area contributed by atoms with E-state index in [0.29, 0.717) is 62.6 Å². The number of hydrogen-bond donors (Lipinski definition) is 0. The molecule has 1 fully saturated rings. The molecule has 5 rings (SSSR count). The average Bonchev–Trinajstić information content (AvgIpc) is 3.43. The maximum absolute atomic E-state index is 14.1. The van der Waals surface area contributed by atoms with Crippen molar-refractivity contribution < 1.29 is 27.9 Å². The highest BCUT2D eigenvalue weighted by molar-refractivity contribution is 5.91. The van der Waals surface area contributed by atoms with Crippen LogP contribution < -0.4 is 4.74 Å². The maximum atomic E-state index is 14.1. The summed E-state index contributed by atoms with van der Waals surface area (Å²) in [5.74, 6) is 0.783. The zero-order valence-electron chi connectivity index (χ0n) is 22.2. The third kappa shape index (κ3) is 5.67. The van der Waals surface area contributed by atoms with Gasteiger partial charge in [0.1, 0.15) is 23.9 Å². The van der Waals surface area contributed by atoms with Gasteiger partial charge in [-0.05, 0) is 59.5 Å². The molecule has 1 atom stereocenters. The second kappa shape index (κ2) is 11.3. The number of fused-ring (bicyclic) bond motifs is 1. The van der Waals surface area contributed by atoms with Gasteiger partial charge in [-0.1, -0.05) is 25.1 Å². The molecule has 3 amide bonds. The molecule has 0 bridgehead atoms. The first-order chi connectivity index (χ1) is 18.8. The van der Waals surface area contributed by atoms with E-state index in [4.69, 9.17) is 9.15 Å². The first-order valence-corrected chi connectivity index (χ1v) is 13.3. The molecule has 2 aliphatic heterocycles. The second-order valence-electron chi connectivity index (χ2n) is 9.86. The summed E-state index contributed by atoms with van der Waals surface area (Å²) in [4.78, 5) is 42.4. The third-order valence-corrected chi connectivity index (χ3v) is 7.40. The predicted molar refractivity (Wildman–Crippen MR) is 142 cm³/mol. The molecule has 0 saturated carbocycles. The van der Waals surface area contributed by atoms with Gasteiger partial charge in [0.05, 0.1) is 6.04 Å². The number of amides is 3. The highest BCUT2D eigenvalue weighted by Gasteiger charge is 2.32. The molecule has 3 aromatic rings. The molecular formula is C30H32FN3O5. The molecule has 0 radical (unpaired) electrons. The molecule has 0 unspecified atom stereocenters. The number of rotatable bonds is 6. The Morgan fingerprint density at radius 1 is 0.974 bits per heavy atom. The van der Waals surface area contributed by atoms with Crippen LogP contribution in [0, 0.1) is 5.82 Å². The molecular weight excluding hydrogens is 501 g/mol. The Balaban J connectivity index is 1.30. The molecule has 1 aromatic heterocycles. The quantitative estimate of drug-likeness (QED) is 0.475. The normalized spacial score (nSPS) is 17.1. The van der Waals surface area contributed by atoms with Gasteiger partial charge < -0.3 is 23.9 Å². The summed E-state index contributed by atoms with van der Waals surface area (Å²) in [5.41, 5.74) is 2.71.